The molecule has 1 fully saturated rings. The first-order valence-corrected chi connectivity index (χ1v) is 10.6. The number of benzene rings is 2. The summed E-state index contributed by atoms with van der Waals surface area (Å²) < 4.78 is 5.89. The van der Waals surface area contributed by atoms with Gasteiger partial charge in [0.15, 0.2) is 0 Å². The molecule has 4 rings (SSSR count). The lowest BCUT2D eigenvalue weighted by Crippen LogP contribution is -2.52. The summed E-state index contributed by atoms with van der Waals surface area (Å²) in [6.45, 7) is 1.18. The Morgan fingerprint density at radius 2 is 1.97 bits per heavy atom. The molecule has 2 heterocycles. The van der Waals surface area contributed by atoms with Crippen molar-refractivity contribution in [1.82, 2.24) is 15.5 Å². The van der Waals surface area contributed by atoms with Gasteiger partial charge in [-0.3, -0.25) is 19.7 Å². The number of nitrogens with one attached hydrogen (secondary N) is 2. The van der Waals surface area contributed by atoms with Crippen molar-refractivity contribution in [2.75, 3.05) is 13.2 Å². The molecule has 1 unspecified atom stereocenters. The first-order valence-electron chi connectivity index (χ1n) is 10.6. The van der Waals surface area contributed by atoms with E-state index < -0.39 is 11.9 Å². The molecule has 8 heteroatoms. The van der Waals surface area contributed by atoms with Crippen molar-refractivity contribution in [3.05, 3.63) is 77.1 Å². The van der Waals surface area contributed by atoms with Crippen molar-refractivity contribution >= 4 is 17.7 Å². The fraction of sp³-hybridized carbons (Fsp3) is 0.292. The van der Waals surface area contributed by atoms with Crippen LogP contribution in [-0.4, -0.2) is 41.8 Å². The largest absolute Gasteiger partial charge is 0.487 e. The molecule has 0 aliphatic carbocycles. The van der Waals surface area contributed by atoms with Crippen molar-refractivity contribution in [2.24, 2.45) is 5.73 Å². The van der Waals surface area contributed by atoms with Gasteiger partial charge < -0.3 is 20.7 Å². The van der Waals surface area contributed by atoms with Crippen LogP contribution in [0.2, 0.25) is 0 Å². The van der Waals surface area contributed by atoms with E-state index in [2.05, 4.69) is 22.8 Å². The van der Waals surface area contributed by atoms with Gasteiger partial charge >= 0.3 is 0 Å². The fourth-order valence-corrected chi connectivity index (χ4v) is 3.96. The average Bonchev–Trinajstić information content (AvgIpc) is 3.13. The van der Waals surface area contributed by atoms with Crippen LogP contribution >= 0.6 is 0 Å². The molecule has 0 bridgehead atoms. The molecule has 166 valence electrons. The monoisotopic (exact) mass is 434 g/mol. The minimum absolute atomic E-state index is 0.168. The lowest BCUT2D eigenvalue weighted by molar-refractivity contribution is -0.136. The number of carbonyl (C=O) groups excluding carboxylic acids is 3. The van der Waals surface area contributed by atoms with Crippen LogP contribution in [0.1, 0.15) is 34.3 Å². The normalized spacial score (nSPS) is 18.4. The van der Waals surface area contributed by atoms with E-state index in [4.69, 9.17) is 10.5 Å². The van der Waals surface area contributed by atoms with Crippen LogP contribution in [0.3, 0.4) is 0 Å². The van der Waals surface area contributed by atoms with Crippen LogP contribution in [0.15, 0.2) is 60.4 Å². The standard InChI is InChI=1S/C24H26N4O4/c25-17(13-26-12-11-16-5-2-1-3-6-16)15-32-21-8-4-7-18-19(21)14-28(24(18)31)20-9-10-22(29)27-23(20)30/h1-8,13,20,26H,9-12,14-15,25H2,(H,27,29,30)/b17-13-. The highest BCUT2D eigenvalue weighted by atomic mass is 16.5. The first kappa shape index (κ1) is 21.4. The molecule has 8 nitrogen and oxygen atoms in total. The highest BCUT2D eigenvalue weighted by molar-refractivity contribution is 6.05. The Bertz CT molecular complexity index is 1050. The smallest absolute Gasteiger partial charge is 0.255 e. The Morgan fingerprint density at radius 3 is 2.75 bits per heavy atom. The molecular formula is C24H26N4O4. The second kappa shape index (κ2) is 9.55. The van der Waals surface area contributed by atoms with Crippen LogP contribution in [0, 0.1) is 0 Å². The number of hydrogen-bond acceptors (Lipinski definition) is 6. The van der Waals surface area contributed by atoms with Crippen LogP contribution in [0.5, 0.6) is 5.75 Å². The molecule has 0 aromatic heterocycles. The maximum Gasteiger partial charge on any atom is 0.255 e. The first-order chi connectivity index (χ1) is 15.5. The molecule has 2 aromatic rings. The van der Waals surface area contributed by atoms with Crippen LogP contribution < -0.4 is 21.1 Å². The minimum Gasteiger partial charge on any atom is -0.487 e. The maximum absolute atomic E-state index is 12.9. The fourth-order valence-electron chi connectivity index (χ4n) is 3.96. The van der Waals surface area contributed by atoms with Crippen molar-refractivity contribution in [2.45, 2.75) is 31.8 Å². The number of carbonyl (C=O) groups is 3. The predicted octanol–water partition coefficient (Wildman–Crippen LogP) is 1.46. The van der Waals surface area contributed by atoms with Crippen molar-refractivity contribution in [3.8, 4) is 5.75 Å². The number of piperidine rings is 1. The Morgan fingerprint density at radius 1 is 1.16 bits per heavy atom. The molecule has 0 saturated carbocycles. The number of fused-ring (bicyclic) bond motifs is 1. The zero-order valence-corrected chi connectivity index (χ0v) is 17.7. The summed E-state index contributed by atoms with van der Waals surface area (Å²) in [7, 11) is 0. The third-order valence-electron chi connectivity index (χ3n) is 5.62. The van der Waals surface area contributed by atoms with E-state index >= 15 is 0 Å². The van der Waals surface area contributed by atoms with Crippen LogP contribution in [0.25, 0.3) is 0 Å². The number of amides is 3. The number of nitrogens with zero attached hydrogens (tertiary/aromatic N) is 1. The summed E-state index contributed by atoms with van der Waals surface area (Å²) in [4.78, 5) is 38.0. The lowest BCUT2D eigenvalue weighted by Gasteiger charge is -2.29. The number of nitrogens with two attached hydrogens (primary N) is 1. The Labute approximate surface area is 186 Å². The maximum atomic E-state index is 12.9. The molecule has 1 atom stereocenters. The highest BCUT2D eigenvalue weighted by Gasteiger charge is 2.40. The van der Waals surface area contributed by atoms with Gasteiger partial charge in [-0.2, -0.15) is 0 Å². The molecule has 3 amide bonds. The Hall–Kier alpha value is -3.81. The third kappa shape index (κ3) is 4.74. The second-order valence-electron chi connectivity index (χ2n) is 7.88. The topological polar surface area (TPSA) is 114 Å². The number of hydrogen-bond donors (Lipinski definition) is 3. The molecule has 32 heavy (non-hydrogen) atoms. The number of imide groups is 1. The quantitative estimate of drug-likeness (QED) is 0.428. The lowest BCUT2D eigenvalue weighted by atomic mass is 10.0. The van der Waals surface area contributed by atoms with Gasteiger partial charge in [0.2, 0.25) is 11.8 Å². The molecular weight excluding hydrogens is 408 g/mol. The predicted molar refractivity (Wildman–Crippen MR) is 118 cm³/mol. The molecule has 4 N–H and O–H groups in total. The molecule has 2 aliphatic heterocycles. The summed E-state index contributed by atoms with van der Waals surface area (Å²) in [5.74, 6) is -0.407. The van der Waals surface area contributed by atoms with Gasteiger partial charge in [-0.25, -0.2) is 0 Å². The highest BCUT2D eigenvalue weighted by Crippen LogP contribution is 2.33. The minimum atomic E-state index is -0.653. The number of ether oxygens (including phenoxy) is 1. The van der Waals surface area contributed by atoms with Crippen LogP contribution in [0.4, 0.5) is 0 Å². The summed E-state index contributed by atoms with van der Waals surface area (Å²) in [6, 6.07) is 14.8. The summed E-state index contributed by atoms with van der Waals surface area (Å²) in [6.07, 6.45) is 3.16. The zero-order chi connectivity index (χ0) is 22.5. The number of rotatable bonds is 8. The average molecular weight is 434 g/mol. The molecule has 2 aromatic carbocycles. The summed E-state index contributed by atoms with van der Waals surface area (Å²) in [5.41, 5.74) is 9.07. The zero-order valence-electron chi connectivity index (χ0n) is 17.7. The third-order valence-corrected chi connectivity index (χ3v) is 5.62. The van der Waals surface area contributed by atoms with E-state index in [-0.39, 0.29) is 31.4 Å². The molecule has 0 spiro atoms. The van der Waals surface area contributed by atoms with E-state index in [9.17, 15) is 14.4 Å². The van der Waals surface area contributed by atoms with Gasteiger partial charge in [0.25, 0.3) is 5.91 Å². The van der Waals surface area contributed by atoms with Gasteiger partial charge in [0.1, 0.15) is 18.4 Å². The Balaban J connectivity index is 1.34. The Kier molecular flexibility index (Phi) is 6.39. The van der Waals surface area contributed by atoms with Gasteiger partial charge in [0.05, 0.1) is 12.2 Å². The molecule has 2 aliphatic rings. The van der Waals surface area contributed by atoms with Crippen molar-refractivity contribution in [3.63, 3.8) is 0 Å². The summed E-state index contributed by atoms with van der Waals surface area (Å²) >= 11 is 0. The second-order valence-corrected chi connectivity index (χ2v) is 7.88. The van der Waals surface area contributed by atoms with Gasteiger partial charge in [-0.05, 0) is 30.5 Å². The molecule has 1 saturated heterocycles. The van der Waals surface area contributed by atoms with Gasteiger partial charge in [-0.1, -0.05) is 36.4 Å². The van der Waals surface area contributed by atoms with E-state index in [1.54, 1.807) is 24.4 Å². The van der Waals surface area contributed by atoms with E-state index in [1.807, 2.05) is 18.2 Å². The van der Waals surface area contributed by atoms with E-state index in [1.165, 1.54) is 10.5 Å². The van der Waals surface area contributed by atoms with Gasteiger partial charge in [0, 0.05) is 30.3 Å². The van der Waals surface area contributed by atoms with Crippen molar-refractivity contribution < 1.29 is 19.1 Å². The van der Waals surface area contributed by atoms with Gasteiger partial charge in [-0.15, -0.1) is 0 Å². The van der Waals surface area contributed by atoms with Crippen LogP contribution in [-0.2, 0) is 22.6 Å². The van der Waals surface area contributed by atoms with E-state index in [0.717, 1.165) is 18.5 Å². The summed E-state index contributed by atoms with van der Waals surface area (Å²) in [5, 5.41) is 5.50. The SMILES string of the molecule is N/C(=C\NCCc1ccccc1)COc1cccc2c1CN(C1CCC(=O)NC1=O)C2=O. The molecule has 0 radical (unpaired) electrons. The van der Waals surface area contributed by atoms with Crippen molar-refractivity contribution in [1.29, 1.82) is 0 Å². The van der Waals surface area contributed by atoms with E-state index in [0.29, 0.717) is 23.4 Å².